The van der Waals surface area contributed by atoms with E-state index in [0.29, 0.717) is 61.5 Å². The quantitative estimate of drug-likeness (QED) is 0.636. The minimum atomic E-state index is -0.336. The minimum absolute atomic E-state index is 0.0840. The van der Waals surface area contributed by atoms with E-state index in [1.807, 2.05) is 6.92 Å². The number of amides is 2. The summed E-state index contributed by atoms with van der Waals surface area (Å²) in [7, 11) is 0. The number of hydrogen-bond donors (Lipinski definition) is 0. The molecule has 2 aromatic rings. The molecular formula is C23H27ClN2O5. The highest BCUT2D eigenvalue weighted by Gasteiger charge is 2.26. The first-order valence-electron chi connectivity index (χ1n) is 10.4. The normalized spacial score (nSPS) is 13.6. The van der Waals surface area contributed by atoms with Gasteiger partial charge in [-0.15, -0.1) is 0 Å². The van der Waals surface area contributed by atoms with Crippen LogP contribution in [0.3, 0.4) is 0 Å². The highest BCUT2D eigenvalue weighted by molar-refractivity contribution is 6.30. The number of carbonyl (C=O) groups excluding carboxylic acids is 2. The van der Waals surface area contributed by atoms with Gasteiger partial charge in [0.1, 0.15) is 18.1 Å². The Balaban J connectivity index is 1.68. The van der Waals surface area contributed by atoms with E-state index in [9.17, 15) is 9.59 Å². The third-order valence-electron chi connectivity index (χ3n) is 4.91. The van der Waals surface area contributed by atoms with E-state index < -0.39 is 0 Å². The topological polar surface area (TPSA) is 68.3 Å². The second-order valence-corrected chi connectivity index (χ2v) is 7.41. The van der Waals surface area contributed by atoms with Gasteiger partial charge < -0.3 is 24.0 Å². The predicted octanol–water partition coefficient (Wildman–Crippen LogP) is 4.23. The lowest BCUT2D eigenvalue weighted by molar-refractivity contribution is 0.0570. The van der Waals surface area contributed by atoms with Crippen molar-refractivity contribution in [3.05, 3.63) is 58.6 Å². The molecule has 2 aromatic carbocycles. The molecule has 0 saturated carbocycles. The predicted molar refractivity (Wildman–Crippen MR) is 118 cm³/mol. The molecule has 166 valence electrons. The number of carbonyl (C=O) groups is 2. The number of benzene rings is 2. The van der Waals surface area contributed by atoms with Crippen molar-refractivity contribution in [1.29, 1.82) is 0 Å². The van der Waals surface area contributed by atoms with Crippen LogP contribution in [-0.4, -0.2) is 61.2 Å². The molecule has 2 amide bonds. The summed E-state index contributed by atoms with van der Waals surface area (Å²) >= 11 is 5.92. The summed E-state index contributed by atoms with van der Waals surface area (Å²) in [6.07, 6.45) is -0.336. The van der Waals surface area contributed by atoms with E-state index >= 15 is 0 Å². The van der Waals surface area contributed by atoms with Crippen molar-refractivity contribution >= 4 is 23.6 Å². The van der Waals surface area contributed by atoms with Crippen molar-refractivity contribution in [1.82, 2.24) is 9.80 Å². The first-order chi connectivity index (χ1) is 15.0. The van der Waals surface area contributed by atoms with Crippen molar-refractivity contribution in [3.8, 4) is 11.5 Å². The molecule has 8 heteroatoms. The van der Waals surface area contributed by atoms with E-state index in [-0.39, 0.29) is 18.6 Å². The van der Waals surface area contributed by atoms with E-state index in [4.69, 9.17) is 25.8 Å². The summed E-state index contributed by atoms with van der Waals surface area (Å²) in [6, 6.07) is 12.5. The molecule has 31 heavy (non-hydrogen) atoms. The summed E-state index contributed by atoms with van der Waals surface area (Å²) in [4.78, 5) is 28.3. The Hall–Kier alpha value is -2.93. The molecule has 0 aliphatic carbocycles. The second-order valence-electron chi connectivity index (χ2n) is 6.98. The Bertz CT molecular complexity index is 895. The van der Waals surface area contributed by atoms with Gasteiger partial charge in [-0.2, -0.15) is 0 Å². The van der Waals surface area contributed by atoms with Gasteiger partial charge in [0.15, 0.2) is 0 Å². The van der Waals surface area contributed by atoms with Crippen molar-refractivity contribution in [3.63, 3.8) is 0 Å². The summed E-state index contributed by atoms with van der Waals surface area (Å²) in [5.74, 6) is 1.28. The molecule has 1 heterocycles. The summed E-state index contributed by atoms with van der Waals surface area (Å²) in [6.45, 7) is 6.62. The summed E-state index contributed by atoms with van der Waals surface area (Å²) in [5.41, 5.74) is 1.34. The van der Waals surface area contributed by atoms with Gasteiger partial charge >= 0.3 is 6.09 Å². The van der Waals surface area contributed by atoms with Gasteiger partial charge in [0, 0.05) is 42.3 Å². The van der Waals surface area contributed by atoms with Crippen LogP contribution >= 0.6 is 11.6 Å². The summed E-state index contributed by atoms with van der Waals surface area (Å²) < 4.78 is 16.6. The van der Waals surface area contributed by atoms with Gasteiger partial charge in [-0.25, -0.2) is 4.79 Å². The van der Waals surface area contributed by atoms with Gasteiger partial charge in [0.05, 0.1) is 13.2 Å². The van der Waals surface area contributed by atoms with Gasteiger partial charge in [-0.3, -0.25) is 4.79 Å². The molecule has 0 radical (unpaired) electrons. The van der Waals surface area contributed by atoms with Crippen molar-refractivity contribution in [2.45, 2.75) is 20.5 Å². The monoisotopic (exact) mass is 446 g/mol. The Morgan fingerprint density at radius 2 is 1.58 bits per heavy atom. The Morgan fingerprint density at radius 3 is 2.23 bits per heavy atom. The maximum absolute atomic E-state index is 13.0. The van der Waals surface area contributed by atoms with Gasteiger partial charge in [-0.05, 0) is 56.3 Å². The highest BCUT2D eigenvalue weighted by atomic mass is 35.5. The average Bonchev–Trinajstić information content (AvgIpc) is 2.79. The zero-order valence-corrected chi connectivity index (χ0v) is 18.6. The zero-order chi connectivity index (χ0) is 22.2. The van der Waals surface area contributed by atoms with E-state index in [1.165, 1.54) is 0 Å². The molecule has 0 spiro atoms. The fraction of sp³-hybridized carbons (Fsp3) is 0.391. The van der Waals surface area contributed by atoms with Crippen LogP contribution in [0.2, 0.25) is 5.02 Å². The Kier molecular flexibility index (Phi) is 8.00. The van der Waals surface area contributed by atoms with Crippen LogP contribution in [0.1, 0.15) is 29.8 Å². The first-order valence-corrected chi connectivity index (χ1v) is 10.7. The highest BCUT2D eigenvalue weighted by Crippen LogP contribution is 2.24. The van der Waals surface area contributed by atoms with Crippen LogP contribution in [-0.2, 0) is 11.3 Å². The number of hydrogen-bond acceptors (Lipinski definition) is 5. The fourth-order valence-electron chi connectivity index (χ4n) is 3.30. The molecule has 0 atom stereocenters. The molecule has 0 unspecified atom stereocenters. The lowest BCUT2D eigenvalue weighted by atomic mass is 10.1. The number of ether oxygens (including phenoxy) is 3. The molecule has 1 aliphatic heterocycles. The van der Waals surface area contributed by atoms with Gasteiger partial charge in [0.25, 0.3) is 5.91 Å². The van der Waals surface area contributed by atoms with Crippen molar-refractivity contribution < 1.29 is 23.8 Å². The van der Waals surface area contributed by atoms with Gasteiger partial charge in [-0.1, -0.05) is 11.6 Å². The summed E-state index contributed by atoms with van der Waals surface area (Å²) in [5, 5.41) is 0.637. The third kappa shape index (κ3) is 6.04. The zero-order valence-electron chi connectivity index (χ0n) is 17.8. The lowest BCUT2D eigenvalue weighted by Crippen LogP contribution is -2.50. The standard InChI is InChI=1S/C23H27ClN2O5/c1-3-29-21-10-5-17(15-18(21)16-31-20-8-6-19(24)7-9-20)22(27)25-11-13-26(14-12-25)23(28)30-4-2/h5-10,15H,3-4,11-14,16H2,1-2H3. The molecule has 1 fully saturated rings. The largest absolute Gasteiger partial charge is 0.493 e. The Morgan fingerprint density at radius 1 is 0.903 bits per heavy atom. The minimum Gasteiger partial charge on any atom is -0.493 e. The maximum atomic E-state index is 13.0. The number of halogens is 1. The van der Waals surface area contributed by atoms with Crippen molar-refractivity contribution in [2.75, 3.05) is 39.4 Å². The molecule has 1 aliphatic rings. The van der Waals surface area contributed by atoms with E-state index in [0.717, 1.165) is 5.56 Å². The number of rotatable bonds is 7. The first kappa shape index (κ1) is 22.7. The number of piperazine rings is 1. The molecule has 1 saturated heterocycles. The van der Waals surface area contributed by atoms with Crippen LogP contribution in [0.15, 0.2) is 42.5 Å². The third-order valence-corrected chi connectivity index (χ3v) is 5.16. The van der Waals surface area contributed by atoms with Crippen LogP contribution < -0.4 is 9.47 Å². The van der Waals surface area contributed by atoms with Crippen LogP contribution in [0, 0.1) is 0 Å². The second kappa shape index (κ2) is 10.9. The smallest absolute Gasteiger partial charge is 0.409 e. The molecule has 0 aromatic heterocycles. The molecular weight excluding hydrogens is 420 g/mol. The van der Waals surface area contributed by atoms with Crippen molar-refractivity contribution in [2.24, 2.45) is 0 Å². The van der Waals surface area contributed by atoms with E-state index in [2.05, 4.69) is 0 Å². The lowest BCUT2D eigenvalue weighted by Gasteiger charge is -2.34. The average molecular weight is 447 g/mol. The molecule has 0 N–H and O–H groups in total. The SMILES string of the molecule is CCOC(=O)N1CCN(C(=O)c2ccc(OCC)c(COc3ccc(Cl)cc3)c2)CC1. The molecule has 0 bridgehead atoms. The van der Waals surface area contributed by atoms with Crippen LogP contribution in [0.25, 0.3) is 0 Å². The number of nitrogens with zero attached hydrogens (tertiary/aromatic N) is 2. The fourth-order valence-corrected chi connectivity index (χ4v) is 3.43. The van der Waals surface area contributed by atoms with Gasteiger partial charge in [0.2, 0.25) is 0 Å². The Labute approximate surface area is 187 Å². The molecule has 7 nitrogen and oxygen atoms in total. The molecule has 3 rings (SSSR count). The van der Waals surface area contributed by atoms with Crippen LogP contribution in [0.4, 0.5) is 4.79 Å². The van der Waals surface area contributed by atoms with E-state index in [1.54, 1.807) is 59.2 Å². The van der Waals surface area contributed by atoms with Crippen LogP contribution in [0.5, 0.6) is 11.5 Å². The maximum Gasteiger partial charge on any atom is 0.409 e.